The van der Waals surface area contributed by atoms with Gasteiger partial charge in [-0.2, -0.15) is 0 Å². The van der Waals surface area contributed by atoms with Gasteiger partial charge in [-0.15, -0.1) is 0 Å². The number of hydrogen-bond acceptors (Lipinski definition) is 2. The Bertz CT molecular complexity index is 774. The molecule has 1 aromatic rings. The van der Waals surface area contributed by atoms with E-state index in [1.165, 1.54) is 39.8 Å². The molecule has 28 heavy (non-hydrogen) atoms. The smallest absolute Gasteiger partial charge is 0.0471 e. The fraction of sp³-hybridized carbons (Fsp3) is 0.462. The van der Waals surface area contributed by atoms with Crippen molar-refractivity contribution < 1.29 is 0 Å². The highest BCUT2D eigenvalue weighted by Gasteiger charge is 2.23. The van der Waals surface area contributed by atoms with Crippen LogP contribution in [0.5, 0.6) is 0 Å². The maximum Gasteiger partial charge on any atom is 0.0471 e. The third kappa shape index (κ3) is 5.56. The summed E-state index contributed by atoms with van der Waals surface area (Å²) in [5.74, 6) is 0. The van der Waals surface area contributed by atoms with E-state index in [2.05, 4.69) is 89.6 Å². The molecule has 1 aliphatic carbocycles. The third-order valence-corrected chi connectivity index (χ3v) is 6.00. The molecule has 0 bridgehead atoms. The van der Waals surface area contributed by atoms with Crippen LogP contribution in [0.15, 0.2) is 65.3 Å². The van der Waals surface area contributed by atoms with E-state index < -0.39 is 0 Å². The summed E-state index contributed by atoms with van der Waals surface area (Å²) in [6.07, 6.45) is 4.69. The molecule has 2 atom stereocenters. The van der Waals surface area contributed by atoms with E-state index in [0.717, 1.165) is 30.7 Å². The van der Waals surface area contributed by atoms with Crippen molar-refractivity contribution in [3.63, 3.8) is 0 Å². The molecule has 0 heterocycles. The standard InChI is InChI=1S/C26H38N2/c1-17(2)25(27-15-23-19(5)11-9-12-20(23)6)26(18(3)4)28-16-24-21(7)13-10-14-22(24)8/h9,11-13,25-28H,1,3,10,14-16H2,2,4-8H3/t25-,26-/m0/s1. The Hall–Kier alpha value is -1.90. The van der Waals surface area contributed by atoms with Crippen LogP contribution in [0.3, 0.4) is 0 Å². The predicted molar refractivity (Wildman–Crippen MR) is 124 cm³/mol. The number of benzene rings is 1. The molecule has 2 nitrogen and oxygen atoms in total. The topological polar surface area (TPSA) is 24.1 Å². The van der Waals surface area contributed by atoms with Crippen LogP contribution in [-0.4, -0.2) is 18.6 Å². The first-order valence-corrected chi connectivity index (χ1v) is 10.4. The minimum absolute atomic E-state index is 0.144. The molecule has 0 fully saturated rings. The number of hydrogen-bond donors (Lipinski definition) is 2. The Kier molecular flexibility index (Phi) is 8.03. The maximum atomic E-state index is 4.28. The van der Waals surface area contributed by atoms with Crippen LogP contribution in [0.2, 0.25) is 0 Å². The van der Waals surface area contributed by atoms with Gasteiger partial charge >= 0.3 is 0 Å². The summed E-state index contributed by atoms with van der Waals surface area (Å²) >= 11 is 0. The Balaban J connectivity index is 2.15. The fourth-order valence-corrected chi connectivity index (χ4v) is 4.11. The average molecular weight is 379 g/mol. The van der Waals surface area contributed by atoms with E-state index in [1.807, 2.05) is 0 Å². The Morgan fingerprint density at radius 2 is 1.46 bits per heavy atom. The highest BCUT2D eigenvalue weighted by atomic mass is 15.0. The molecule has 1 aliphatic rings. The van der Waals surface area contributed by atoms with Crippen LogP contribution in [0.4, 0.5) is 0 Å². The SMILES string of the molecule is C=C(C)[C@H](NCC1=C(C)CCC=C1C)[C@@H](NCc1c(C)cccc1C)C(=C)C. The van der Waals surface area contributed by atoms with E-state index in [1.54, 1.807) is 0 Å². The highest BCUT2D eigenvalue weighted by molar-refractivity contribution is 5.38. The molecular formula is C26H38N2. The molecule has 2 N–H and O–H groups in total. The monoisotopic (exact) mass is 378 g/mol. The zero-order chi connectivity index (χ0) is 20.8. The zero-order valence-corrected chi connectivity index (χ0v) is 18.7. The lowest BCUT2D eigenvalue weighted by Gasteiger charge is -2.32. The third-order valence-electron chi connectivity index (χ3n) is 6.00. The summed E-state index contributed by atoms with van der Waals surface area (Å²) in [6, 6.07) is 6.78. The zero-order valence-electron chi connectivity index (χ0n) is 18.7. The molecule has 0 radical (unpaired) electrons. The molecule has 0 spiro atoms. The van der Waals surface area contributed by atoms with Crippen LogP contribution in [0.1, 0.15) is 57.2 Å². The molecule has 0 aromatic heterocycles. The van der Waals surface area contributed by atoms with Crippen molar-refractivity contribution in [1.82, 2.24) is 10.6 Å². The van der Waals surface area contributed by atoms with Crippen molar-refractivity contribution in [2.24, 2.45) is 0 Å². The molecule has 0 saturated heterocycles. The van der Waals surface area contributed by atoms with Crippen molar-refractivity contribution in [2.75, 3.05) is 6.54 Å². The van der Waals surface area contributed by atoms with Gasteiger partial charge in [0.05, 0.1) is 0 Å². The van der Waals surface area contributed by atoms with Crippen molar-refractivity contribution in [2.45, 2.75) is 73.0 Å². The minimum atomic E-state index is 0.144. The molecule has 0 unspecified atom stereocenters. The van der Waals surface area contributed by atoms with Gasteiger partial charge in [0.15, 0.2) is 0 Å². The van der Waals surface area contributed by atoms with Crippen LogP contribution < -0.4 is 10.6 Å². The first-order valence-electron chi connectivity index (χ1n) is 10.4. The quantitative estimate of drug-likeness (QED) is 0.521. The van der Waals surface area contributed by atoms with Gasteiger partial charge in [-0.1, -0.05) is 59.7 Å². The second-order valence-corrected chi connectivity index (χ2v) is 8.46. The molecular weight excluding hydrogens is 340 g/mol. The van der Waals surface area contributed by atoms with Crippen molar-refractivity contribution in [1.29, 1.82) is 0 Å². The van der Waals surface area contributed by atoms with Crippen molar-refractivity contribution in [3.8, 4) is 0 Å². The van der Waals surface area contributed by atoms with Gasteiger partial charge in [0.25, 0.3) is 0 Å². The van der Waals surface area contributed by atoms with Gasteiger partial charge < -0.3 is 10.6 Å². The van der Waals surface area contributed by atoms with E-state index >= 15 is 0 Å². The first kappa shape index (κ1) is 22.4. The average Bonchev–Trinajstić information content (AvgIpc) is 2.61. The first-order chi connectivity index (χ1) is 13.2. The Labute approximate surface area is 172 Å². The number of rotatable bonds is 9. The van der Waals surface area contributed by atoms with Crippen molar-refractivity contribution in [3.05, 3.63) is 82.0 Å². The maximum absolute atomic E-state index is 4.28. The molecule has 152 valence electrons. The summed E-state index contributed by atoms with van der Waals surface area (Å²) in [5.41, 5.74) is 10.7. The van der Waals surface area contributed by atoms with E-state index in [9.17, 15) is 0 Å². The van der Waals surface area contributed by atoms with Gasteiger partial charge in [-0.05, 0) is 76.6 Å². The largest absolute Gasteiger partial charge is 0.305 e. The van der Waals surface area contributed by atoms with Gasteiger partial charge in [-0.3, -0.25) is 0 Å². The van der Waals surface area contributed by atoms with E-state index in [4.69, 9.17) is 0 Å². The van der Waals surface area contributed by atoms with Crippen LogP contribution in [-0.2, 0) is 6.54 Å². The normalized spacial score (nSPS) is 16.6. The predicted octanol–water partition coefficient (Wildman–Crippen LogP) is 5.93. The highest BCUT2D eigenvalue weighted by Crippen LogP contribution is 2.25. The van der Waals surface area contributed by atoms with Gasteiger partial charge in [0, 0.05) is 25.2 Å². The molecule has 0 amide bonds. The summed E-state index contributed by atoms with van der Waals surface area (Å²) in [5, 5.41) is 7.53. The fourth-order valence-electron chi connectivity index (χ4n) is 4.11. The number of aryl methyl sites for hydroxylation is 2. The van der Waals surface area contributed by atoms with Crippen LogP contribution >= 0.6 is 0 Å². The second-order valence-electron chi connectivity index (χ2n) is 8.46. The minimum Gasteiger partial charge on any atom is -0.305 e. The van der Waals surface area contributed by atoms with E-state index in [0.29, 0.717) is 0 Å². The summed E-state index contributed by atoms with van der Waals surface area (Å²) in [6.45, 7) is 23.3. The van der Waals surface area contributed by atoms with E-state index in [-0.39, 0.29) is 12.1 Å². The lowest BCUT2D eigenvalue weighted by molar-refractivity contribution is 0.449. The number of nitrogens with one attached hydrogen (secondary N) is 2. The number of allylic oxidation sites excluding steroid dienone is 2. The van der Waals surface area contributed by atoms with Gasteiger partial charge in [0.2, 0.25) is 0 Å². The van der Waals surface area contributed by atoms with Gasteiger partial charge in [0.1, 0.15) is 0 Å². The molecule has 0 aliphatic heterocycles. The lowest BCUT2D eigenvalue weighted by Crippen LogP contribution is -2.49. The summed E-state index contributed by atoms with van der Waals surface area (Å²) < 4.78 is 0. The second kappa shape index (κ2) is 10.0. The molecule has 2 heteroatoms. The molecule has 1 aromatic carbocycles. The van der Waals surface area contributed by atoms with Crippen molar-refractivity contribution >= 4 is 0 Å². The summed E-state index contributed by atoms with van der Waals surface area (Å²) in [4.78, 5) is 0. The molecule has 2 rings (SSSR count). The lowest BCUT2D eigenvalue weighted by atomic mass is 9.91. The Morgan fingerprint density at radius 3 is 1.96 bits per heavy atom. The van der Waals surface area contributed by atoms with Crippen LogP contribution in [0, 0.1) is 13.8 Å². The van der Waals surface area contributed by atoms with Gasteiger partial charge in [-0.25, -0.2) is 0 Å². The Morgan fingerprint density at radius 1 is 0.929 bits per heavy atom. The summed E-state index contributed by atoms with van der Waals surface area (Å²) in [7, 11) is 0. The molecule has 0 saturated carbocycles. The van der Waals surface area contributed by atoms with Crippen LogP contribution in [0.25, 0.3) is 0 Å².